The van der Waals surface area contributed by atoms with Crippen LogP contribution in [0.3, 0.4) is 0 Å². The van der Waals surface area contributed by atoms with Gasteiger partial charge in [-0.2, -0.15) is 5.10 Å². The third-order valence-corrected chi connectivity index (χ3v) is 9.37. The molecule has 1 aromatic heterocycles. The minimum Gasteiger partial charge on any atom is -0.299 e. The van der Waals surface area contributed by atoms with E-state index in [0.717, 1.165) is 30.2 Å². The minimum atomic E-state index is -3.59. The molecule has 1 N–H and O–H groups in total. The average molecular weight is 477 g/mol. The van der Waals surface area contributed by atoms with Crippen molar-refractivity contribution in [3.63, 3.8) is 0 Å². The van der Waals surface area contributed by atoms with Crippen LogP contribution in [-0.2, 0) is 36.5 Å². The van der Waals surface area contributed by atoms with Gasteiger partial charge in [0.25, 0.3) is 0 Å². The van der Waals surface area contributed by atoms with Gasteiger partial charge in [-0.05, 0) is 59.8 Å². The molecule has 0 amide bonds. The summed E-state index contributed by atoms with van der Waals surface area (Å²) in [4.78, 5) is 2.95. The number of piperidine rings is 1. The van der Waals surface area contributed by atoms with E-state index in [-0.39, 0.29) is 11.4 Å². The number of nitrogens with zero attached hydrogens (tertiary/aromatic N) is 3. The molecule has 178 valence electrons. The lowest BCUT2D eigenvalue weighted by Gasteiger charge is -2.40. The van der Waals surface area contributed by atoms with Crippen LogP contribution in [-0.4, -0.2) is 42.2 Å². The first-order valence-electron chi connectivity index (χ1n) is 12.3. The van der Waals surface area contributed by atoms with Crippen molar-refractivity contribution in [2.45, 2.75) is 49.1 Å². The lowest BCUT2D eigenvalue weighted by Crippen LogP contribution is -2.42. The van der Waals surface area contributed by atoms with Crippen LogP contribution in [0.25, 0.3) is 0 Å². The predicted molar refractivity (Wildman–Crippen MR) is 132 cm³/mol. The van der Waals surface area contributed by atoms with Crippen molar-refractivity contribution in [1.82, 2.24) is 19.4 Å². The van der Waals surface area contributed by atoms with E-state index in [4.69, 9.17) is 0 Å². The number of nitrogens with one attached hydrogen (secondary N) is 1. The summed E-state index contributed by atoms with van der Waals surface area (Å²) in [6, 6.07) is 17.9. The fourth-order valence-electron chi connectivity index (χ4n) is 6.09. The van der Waals surface area contributed by atoms with Gasteiger partial charge in [-0.25, -0.2) is 13.1 Å². The molecule has 3 aromatic rings. The van der Waals surface area contributed by atoms with E-state index in [9.17, 15) is 8.42 Å². The Morgan fingerprint density at radius 2 is 1.85 bits per heavy atom. The highest BCUT2D eigenvalue weighted by molar-refractivity contribution is 7.89. The van der Waals surface area contributed by atoms with Crippen molar-refractivity contribution in [2.75, 3.05) is 13.1 Å². The molecule has 1 aliphatic heterocycles. The van der Waals surface area contributed by atoms with Crippen LogP contribution < -0.4 is 4.72 Å². The lowest BCUT2D eigenvalue weighted by molar-refractivity contribution is 0.171. The Bertz CT molecular complexity index is 1280. The maximum atomic E-state index is 12.7. The second-order valence-electron chi connectivity index (χ2n) is 10.3. The largest absolute Gasteiger partial charge is 0.299 e. The summed E-state index contributed by atoms with van der Waals surface area (Å²) in [5.41, 5.74) is 5.20. The topological polar surface area (TPSA) is 67.2 Å². The highest BCUT2D eigenvalue weighted by Gasteiger charge is 2.48. The van der Waals surface area contributed by atoms with E-state index in [0.29, 0.717) is 12.0 Å². The van der Waals surface area contributed by atoms with E-state index in [2.05, 4.69) is 63.3 Å². The summed E-state index contributed by atoms with van der Waals surface area (Å²) in [6.45, 7) is 2.78. The zero-order valence-electron chi connectivity index (χ0n) is 19.6. The zero-order chi connectivity index (χ0) is 23.3. The number of aryl methyl sites for hydroxylation is 2. The monoisotopic (exact) mass is 476 g/mol. The molecule has 2 aliphatic carbocycles. The Labute approximate surface area is 202 Å². The predicted octanol–water partition coefficient (Wildman–Crippen LogP) is 3.49. The minimum absolute atomic E-state index is 0.197. The van der Waals surface area contributed by atoms with Gasteiger partial charge in [-0.15, -0.1) is 0 Å². The van der Waals surface area contributed by atoms with Gasteiger partial charge < -0.3 is 0 Å². The van der Waals surface area contributed by atoms with Crippen molar-refractivity contribution >= 4 is 10.0 Å². The van der Waals surface area contributed by atoms with Crippen LogP contribution in [0.15, 0.2) is 65.8 Å². The second kappa shape index (κ2) is 8.63. The van der Waals surface area contributed by atoms with Crippen LogP contribution in [0.1, 0.15) is 41.0 Å². The summed E-state index contributed by atoms with van der Waals surface area (Å²) in [7, 11) is -1.87. The number of aromatic nitrogens is 2. The van der Waals surface area contributed by atoms with Crippen LogP contribution >= 0.6 is 0 Å². The first-order chi connectivity index (χ1) is 16.5. The molecule has 4 unspecified atom stereocenters. The molecule has 7 heteroatoms. The van der Waals surface area contributed by atoms with Gasteiger partial charge in [0.1, 0.15) is 4.90 Å². The molecule has 2 aromatic carbocycles. The third kappa shape index (κ3) is 4.32. The Balaban J connectivity index is 1.27. The number of hydrogen-bond donors (Lipinski definition) is 1. The summed E-state index contributed by atoms with van der Waals surface area (Å²) >= 11 is 0. The number of fused-ring (bicyclic) bond motifs is 2. The van der Waals surface area contributed by atoms with Crippen molar-refractivity contribution in [3.8, 4) is 0 Å². The summed E-state index contributed by atoms with van der Waals surface area (Å²) < 4.78 is 29.7. The summed E-state index contributed by atoms with van der Waals surface area (Å²) in [5.74, 6) is 2.28. The molecule has 6 rings (SSSR count). The molecule has 2 fully saturated rings. The van der Waals surface area contributed by atoms with E-state index in [1.807, 2.05) is 0 Å². The molecule has 2 heterocycles. The fourth-order valence-corrected chi connectivity index (χ4v) is 7.10. The van der Waals surface area contributed by atoms with Gasteiger partial charge in [0.2, 0.25) is 10.0 Å². The van der Waals surface area contributed by atoms with Crippen molar-refractivity contribution in [3.05, 3.63) is 83.2 Å². The molecule has 4 atom stereocenters. The molecule has 1 saturated carbocycles. The zero-order valence-corrected chi connectivity index (χ0v) is 20.4. The highest BCUT2D eigenvalue weighted by atomic mass is 32.2. The standard InChI is InChI=1S/C27H32N4O2S/c1-30-18-24(15-28-30)34(32,33)29-14-20-7-8-21-9-10-27(31-16-22-13-23(22)17-31)26(25(21)12-20)11-19-5-3-2-4-6-19/h2-8,12,15,18,22-23,26-27,29H,9-11,13-14,16-17H2,1H3. The quantitative estimate of drug-likeness (QED) is 0.567. The molecular weight excluding hydrogens is 444 g/mol. The third-order valence-electron chi connectivity index (χ3n) is 8.02. The number of benzene rings is 2. The van der Waals surface area contributed by atoms with Crippen LogP contribution in [0.2, 0.25) is 0 Å². The summed E-state index contributed by atoms with van der Waals surface area (Å²) in [6.07, 6.45) is 7.65. The number of likely N-dealkylation sites (tertiary alicyclic amines) is 1. The molecule has 0 spiro atoms. The van der Waals surface area contributed by atoms with E-state index < -0.39 is 10.0 Å². The van der Waals surface area contributed by atoms with E-state index in [1.165, 1.54) is 59.7 Å². The first-order valence-corrected chi connectivity index (χ1v) is 13.8. The maximum absolute atomic E-state index is 12.7. The van der Waals surface area contributed by atoms with Gasteiger partial charge >= 0.3 is 0 Å². The van der Waals surface area contributed by atoms with Crippen molar-refractivity contribution in [2.24, 2.45) is 18.9 Å². The molecule has 1 saturated heterocycles. The van der Waals surface area contributed by atoms with E-state index in [1.54, 1.807) is 7.05 Å². The Morgan fingerprint density at radius 1 is 1.06 bits per heavy atom. The SMILES string of the molecule is Cn1cc(S(=O)(=O)NCc2ccc3c(c2)C(Cc2ccccc2)C(N2CC4CC4C2)CC3)cn1. The fraction of sp³-hybridized carbons (Fsp3) is 0.444. The van der Waals surface area contributed by atoms with Crippen LogP contribution in [0.5, 0.6) is 0 Å². The highest BCUT2D eigenvalue weighted by Crippen LogP contribution is 2.48. The first kappa shape index (κ1) is 22.0. The lowest BCUT2D eigenvalue weighted by atomic mass is 9.75. The van der Waals surface area contributed by atoms with E-state index >= 15 is 0 Å². The molecule has 6 nitrogen and oxygen atoms in total. The second-order valence-corrected chi connectivity index (χ2v) is 12.1. The average Bonchev–Trinajstić information content (AvgIpc) is 3.21. The Kier molecular flexibility index (Phi) is 5.59. The number of sulfonamides is 1. The van der Waals surface area contributed by atoms with Crippen molar-refractivity contribution < 1.29 is 8.42 Å². The van der Waals surface area contributed by atoms with Gasteiger partial charge in [0.05, 0.1) is 6.20 Å². The maximum Gasteiger partial charge on any atom is 0.243 e. The number of rotatable bonds is 7. The van der Waals surface area contributed by atoms with Crippen molar-refractivity contribution in [1.29, 1.82) is 0 Å². The Morgan fingerprint density at radius 3 is 2.59 bits per heavy atom. The Hall–Kier alpha value is -2.48. The van der Waals surface area contributed by atoms with Gasteiger partial charge in [-0.3, -0.25) is 9.58 Å². The van der Waals surface area contributed by atoms with Crippen LogP contribution in [0.4, 0.5) is 0 Å². The number of hydrogen-bond acceptors (Lipinski definition) is 4. The molecular formula is C27H32N4O2S. The summed E-state index contributed by atoms with van der Waals surface area (Å²) in [5, 5.41) is 3.99. The smallest absolute Gasteiger partial charge is 0.243 e. The van der Waals surface area contributed by atoms with Gasteiger partial charge in [-0.1, -0.05) is 48.5 Å². The van der Waals surface area contributed by atoms with Gasteiger partial charge in [0, 0.05) is 44.8 Å². The van der Waals surface area contributed by atoms with Gasteiger partial charge in [0.15, 0.2) is 0 Å². The molecule has 0 radical (unpaired) electrons. The molecule has 3 aliphatic rings. The molecule has 34 heavy (non-hydrogen) atoms. The normalized spacial score (nSPS) is 26.3. The molecule has 0 bridgehead atoms. The van der Waals surface area contributed by atoms with Crippen LogP contribution in [0, 0.1) is 11.8 Å².